The summed E-state index contributed by atoms with van der Waals surface area (Å²) in [5.41, 5.74) is 1.27. The Morgan fingerprint density at radius 2 is 1.77 bits per heavy atom. The van der Waals surface area contributed by atoms with Crippen molar-refractivity contribution in [3.63, 3.8) is 0 Å². The second-order valence-electron chi connectivity index (χ2n) is 8.83. The Morgan fingerprint density at radius 1 is 1.19 bits per heavy atom. The molecule has 0 spiro atoms. The van der Waals surface area contributed by atoms with Gasteiger partial charge in [-0.2, -0.15) is 0 Å². The van der Waals surface area contributed by atoms with Crippen LogP contribution in [0.25, 0.3) is 0 Å². The molecule has 142 valence electrons. The predicted molar refractivity (Wildman–Crippen MR) is 95.0 cm³/mol. The zero-order valence-corrected chi connectivity index (χ0v) is 15.6. The van der Waals surface area contributed by atoms with Crippen molar-refractivity contribution in [3.05, 3.63) is 11.6 Å². The van der Waals surface area contributed by atoms with E-state index in [1.165, 1.54) is 45.4 Å². The fourth-order valence-corrected chi connectivity index (χ4v) is 6.08. The van der Waals surface area contributed by atoms with Gasteiger partial charge in [0, 0.05) is 19.2 Å². The second kappa shape index (κ2) is 6.39. The van der Waals surface area contributed by atoms with Crippen LogP contribution in [0.2, 0.25) is 0 Å². The zero-order chi connectivity index (χ0) is 18.5. The molecular formula is C20H28N2O4. The molecule has 3 amide bonds. The van der Waals surface area contributed by atoms with E-state index in [1.54, 1.807) is 6.08 Å². The minimum atomic E-state index is -0.952. The molecule has 0 radical (unpaired) electrons. The lowest BCUT2D eigenvalue weighted by Crippen LogP contribution is -2.46. The number of hydrogen-bond donors (Lipinski definition) is 1. The lowest BCUT2D eigenvalue weighted by Gasteiger charge is -2.57. The number of ether oxygens (including phenoxy) is 1. The minimum Gasteiger partial charge on any atom is -0.449 e. The van der Waals surface area contributed by atoms with E-state index in [0.717, 1.165) is 28.2 Å². The summed E-state index contributed by atoms with van der Waals surface area (Å²) in [5, 5.41) is 2.58. The Hall–Kier alpha value is -1.85. The third kappa shape index (κ3) is 3.03. The Kier molecular flexibility index (Phi) is 4.32. The van der Waals surface area contributed by atoms with Gasteiger partial charge in [-0.3, -0.25) is 9.69 Å². The summed E-state index contributed by atoms with van der Waals surface area (Å²) in [6.45, 7) is 4.34. The first kappa shape index (κ1) is 17.6. The molecule has 1 heterocycles. The summed E-state index contributed by atoms with van der Waals surface area (Å²) in [6.07, 6.45) is 8.31. The topological polar surface area (TPSA) is 75.7 Å². The molecule has 0 aromatic rings. The van der Waals surface area contributed by atoms with Crippen molar-refractivity contribution in [2.75, 3.05) is 13.1 Å². The van der Waals surface area contributed by atoms with Crippen molar-refractivity contribution < 1.29 is 19.1 Å². The summed E-state index contributed by atoms with van der Waals surface area (Å²) < 4.78 is 5.32. The average molecular weight is 360 g/mol. The molecule has 5 rings (SSSR count). The maximum atomic E-state index is 12.4. The number of hydrogen-bond acceptors (Lipinski definition) is 4. The maximum absolute atomic E-state index is 12.4. The highest BCUT2D eigenvalue weighted by Gasteiger charge is 2.51. The van der Waals surface area contributed by atoms with E-state index >= 15 is 0 Å². The lowest BCUT2D eigenvalue weighted by molar-refractivity contribution is -0.153. The summed E-state index contributed by atoms with van der Waals surface area (Å²) in [7, 11) is 0. The monoisotopic (exact) mass is 360 g/mol. The Labute approximate surface area is 154 Å². The highest BCUT2D eigenvalue weighted by Crippen LogP contribution is 2.62. The summed E-state index contributed by atoms with van der Waals surface area (Å²) in [4.78, 5) is 37.3. The van der Waals surface area contributed by atoms with Crippen molar-refractivity contribution in [1.82, 2.24) is 10.2 Å². The van der Waals surface area contributed by atoms with Gasteiger partial charge in [-0.25, -0.2) is 9.59 Å². The summed E-state index contributed by atoms with van der Waals surface area (Å²) >= 11 is 0. The van der Waals surface area contributed by atoms with Crippen molar-refractivity contribution in [2.45, 2.75) is 58.5 Å². The Bertz CT molecular complexity index is 633. The number of carbonyl (C=O) groups excluding carboxylic acids is 3. The van der Waals surface area contributed by atoms with Crippen LogP contribution >= 0.6 is 0 Å². The molecule has 0 aromatic heterocycles. The van der Waals surface area contributed by atoms with E-state index in [1.807, 2.05) is 0 Å². The fraction of sp³-hybridized carbons (Fsp3) is 0.750. The fourth-order valence-electron chi connectivity index (χ4n) is 6.08. The van der Waals surface area contributed by atoms with Gasteiger partial charge in [-0.1, -0.05) is 5.57 Å². The molecule has 4 bridgehead atoms. The van der Waals surface area contributed by atoms with Crippen LogP contribution in [0, 0.1) is 23.2 Å². The lowest BCUT2D eigenvalue weighted by atomic mass is 9.48. The van der Waals surface area contributed by atoms with Gasteiger partial charge in [0.05, 0.1) is 0 Å². The van der Waals surface area contributed by atoms with Gasteiger partial charge in [0.25, 0.3) is 5.91 Å². The first-order chi connectivity index (χ1) is 12.4. The van der Waals surface area contributed by atoms with Crippen LogP contribution in [0.3, 0.4) is 0 Å². The predicted octanol–water partition coefficient (Wildman–Crippen LogP) is 2.63. The van der Waals surface area contributed by atoms with Crippen molar-refractivity contribution >= 4 is 17.9 Å². The molecule has 4 saturated carbocycles. The van der Waals surface area contributed by atoms with Gasteiger partial charge >= 0.3 is 12.0 Å². The average Bonchev–Trinajstić information content (AvgIpc) is 2.98. The molecule has 5 fully saturated rings. The van der Waals surface area contributed by atoms with E-state index < -0.39 is 24.0 Å². The number of esters is 1. The molecular weight excluding hydrogens is 332 g/mol. The van der Waals surface area contributed by atoms with Gasteiger partial charge in [0.1, 0.15) is 0 Å². The van der Waals surface area contributed by atoms with Crippen LogP contribution < -0.4 is 5.32 Å². The molecule has 5 aliphatic rings. The molecule has 0 unspecified atom stereocenters. The molecule has 1 aliphatic heterocycles. The molecule has 1 atom stereocenters. The van der Waals surface area contributed by atoms with Crippen LogP contribution in [0.1, 0.15) is 52.4 Å². The van der Waals surface area contributed by atoms with Gasteiger partial charge in [-0.15, -0.1) is 0 Å². The van der Waals surface area contributed by atoms with E-state index in [4.69, 9.17) is 4.74 Å². The smallest absolute Gasteiger partial charge is 0.331 e. The number of amides is 3. The highest BCUT2D eigenvalue weighted by molar-refractivity contribution is 5.98. The quantitative estimate of drug-likeness (QED) is 0.618. The van der Waals surface area contributed by atoms with E-state index in [0.29, 0.717) is 13.1 Å². The van der Waals surface area contributed by atoms with Crippen molar-refractivity contribution in [1.29, 1.82) is 0 Å². The molecule has 26 heavy (non-hydrogen) atoms. The number of urea groups is 1. The number of carbonyl (C=O) groups is 3. The van der Waals surface area contributed by atoms with Crippen LogP contribution in [-0.2, 0) is 14.3 Å². The Morgan fingerprint density at radius 3 is 2.27 bits per heavy atom. The first-order valence-electron chi connectivity index (χ1n) is 9.85. The van der Waals surface area contributed by atoms with Gasteiger partial charge in [0.2, 0.25) is 0 Å². The summed E-state index contributed by atoms with van der Waals surface area (Å²) in [5.74, 6) is 1.51. The second-order valence-corrected chi connectivity index (χ2v) is 8.83. The van der Waals surface area contributed by atoms with E-state index in [9.17, 15) is 14.4 Å². The molecule has 1 N–H and O–H groups in total. The third-order valence-electron chi connectivity index (χ3n) is 6.97. The van der Waals surface area contributed by atoms with Crippen LogP contribution in [0.15, 0.2) is 11.6 Å². The normalized spacial score (nSPS) is 36.8. The van der Waals surface area contributed by atoms with Crippen LogP contribution in [-0.4, -0.2) is 42.0 Å². The highest BCUT2D eigenvalue weighted by atomic mass is 16.5. The first-order valence-corrected chi connectivity index (χ1v) is 9.85. The third-order valence-corrected chi connectivity index (χ3v) is 6.97. The Balaban J connectivity index is 1.40. The molecule has 0 aromatic carbocycles. The van der Waals surface area contributed by atoms with Crippen molar-refractivity contribution in [3.8, 4) is 0 Å². The van der Waals surface area contributed by atoms with Crippen LogP contribution in [0.4, 0.5) is 4.79 Å². The van der Waals surface area contributed by atoms with Gasteiger partial charge < -0.3 is 10.1 Å². The molecule has 6 heteroatoms. The molecule has 1 saturated heterocycles. The molecule has 4 aliphatic carbocycles. The number of allylic oxidation sites excluding steroid dienone is 1. The standard InChI is InChI=1S/C20H28N2O4/c1-12(20-9-14-6-15(10-20)8-16(7-14)11-20)5-17(23)26-13(2)18(24)22-4-3-21-19(22)25/h5,13-16H,3-4,6-11H2,1-2H3,(H,21,25)/b12-5-/t13-,14?,15?,16?,20?/m0/s1. The van der Waals surface area contributed by atoms with E-state index in [-0.39, 0.29) is 5.41 Å². The molecule has 6 nitrogen and oxygen atoms in total. The number of nitrogens with zero attached hydrogens (tertiary/aromatic N) is 1. The van der Waals surface area contributed by atoms with Crippen molar-refractivity contribution in [2.24, 2.45) is 23.2 Å². The zero-order valence-electron chi connectivity index (χ0n) is 15.6. The number of nitrogens with one attached hydrogen (secondary N) is 1. The van der Waals surface area contributed by atoms with E-state index in [2.05, 4.69) is 12.2 Å². The van der Waals surface area contributed by atoms with Gasteiger partial charge in [0.15, 0.2) is 6.10 Å². The largest absolute Gasteiger partial charge is 0.449 e. The van der Waals surface area contributed by atoms with Gasteiger partial charge in [-0.05, 0) is 75.5 Å². The number of imide groups is 1. The summed E-state index contributed by atoms with van der Waals surface area (Å²) in [6, 6.07) is -0.418. The minimum absolute atomic E-state index is 0.163. The maximum Gasteiger partial charge on any atom is 0.331 e. The van der Waals surface area contributed by atoms with Crippen LogP contribution in [0.5, 0.6) is 0 Å². The number of rotatable bonds is 4. The SMILES string of the molecule is C/C(=C/C(=O)O[C@@H](C)C(=O)N1CCNC1=O)C12CC3CC(CC(C3)C1)C2.